The molecule has 6 heteroatoms. The van der Waals surface area contributed by atoms with Crippen molar-refractivity contribution in [3.05, 3.63) is 53.0 Å². The van der Waals surface area contributed by atoms with Crippen molar-refractivity contribution in [1.82, 2.24) is 15.3 Å². The SMILES string of the molecule is C[C@H](Sc1ncnc2ccccc12)C(=O)NCCc1cccs1. The van der Waals surface area contributed by atoms with Crippen molar-refractivity contribution in [2.24, 2.45) is 0 Å². The molecule has 0 aliphatic rings. The van der Waals surface area contributed by atoms with Crippen LogP contribution in [0.15, 0.2) is 53.1 Å². The molecular weight excluding hydrogens is 326 g/mol. The molecule has 0 spiro atoms. The van der Waals surface area contributed by atoms with E-state index in [2.05, 4.69) is 26.7 Å². The van der Waals surface area contributed by atoms with Gasteiger partial charge in [0.25, 0.3) is 0 Å². The molecular formula is C17H17N3OS2. The predicted molar refractivity (Wildman–Crippen MR) is 95.9 cm³/mol. The summed E-state index contributed by atoms with van der Waals surface area (Å²) in [6.45, 7) is 2.57. The van der Waals surface area contributed by atoms with Crippen LogP contribution in [0.25, 0.3) is 10.9 Å². The Morgan fingerprint density at radius 3 is 2.96 bits per heavy atom. The van der Waals surface area contributed by atoms with E-state index in [1.807, 2.05) is 37.3 Å². The van der Waals surface area contributed by atoms with Crippen LogP contribution in [-0.4, -0.2) is 27.7 Å². The summed E-state index contributed by atoms with van der Waals surface area (Å²) in [6.07, 6.45) is 2.42. The lowest BCUT2D eigenvalue weighted by Crippen LogP contribution is -2.32. The van der Waals surface area contributed by atoms with E-state index in [0.29, 0.717) is 6.54 Å². The van der Waals surface area contributed by atoms with Gasteiger partial charge in [-0.15, -0.1) is 11.3 Å². The Kier molecular flexibility index (Phi) is 5.25. The third-order valence-corrected chi connectivity index (χ3v) is 5.47. The Hall–Kier alpha value is -1.92. The number of carbonyl (C=O) groups is 1. The second-order valence-corrected chi connectivity index (χ2v) is 7.44. The number of rotatable bonds is 6. The second kappa shape index (κ2) is 7.57. The molecule has 4 nitrogen and oxygen atoms in total. The van der Waals surface area contributed by atoms with Crippen molar-refractivity contribution in [3.63, 3.8) is 0 Å². The lowest BCUT2D eigenvalue weighted by Gasteiger charge is -2.12. The van der Waals surface area contributed by atoms with Crippen LogP contribution in [0.4, 0.5) is 0 Å². The fourth-order valence-corrected chi connectivity index (χ4v) is 3.84. The van der Waals surface area contributed by atoms with Crippen LogP contribution in [-0.2, 0) is 11.2 Å². The molecule has 0 saturated carbocycles. The van der Waals surface area contributed by atoms with Gasteiger partial charge in [0.1, 0.15) is 11.4 Å². The third-order valence-electron chi connectivity index (χ3n) is 3.41. The molecule has 0 bridgehead atoms. The highest BCUT2D eigenvalue weighted by Crippen LogP contribution is 2.27. The maximum atomic E-state index is 12.2. The molecule has 3 rings (SSSR count). The molecule has 0 aliphatic carbocycles. The molecule has 0 radical (unpaired) electrons. The van der Waals surface area contributed by atoms with Crippen LogP contribution in [0, 0.1) is 0 Å². The molecule has 118 valence electrons. The summed E-state index contributed by atoms with van der Waals surface area (Å²) >= 11 is 3.18. The van der Waals surface area contributed by atoms with Gasteiger partial charge in [0.2, 0.25) is 5.91 Å². The number of nitrogens with zero attached hydrogens (tertiary/aromatic N) is 2. The Bertz CT molecular complexity index is 784. The number of fused-ring (bicyclic) bond motifs is 1. The quantitative estimate of drug-likeness (QED) is 0.549. The minimum atomic E-state index is -0.198. The van der Waals surface area contributed by atoms with Gasteiger partial charge in [-0.25, -0.2) is 9.97 Å². The smallest absolute Gasteiger partial charge is 0.233 e. The molecule has 0 aliphatic heterocycles. The summed E-state index contributed by atoms with van der Waals surface area (Å²) in [7, 11) is 0. The number of thioether (sulfide) groups is 1. The minimum Gasteiger partial charge on any atom is -0.355 e. The second-order valence-electron chi connectivity index (χ2n) is 5.08. The van der Waals surface area contributed by atoms with Crippen molar-refractivity contribution >= 4 is 39.9 Å². The summed E-state index contributed by atoms with van der Waals surface area (Å²) in [5.41, 5.74) is 0.898. The summed E-state index contributed by atoms with van der Waals surface area (Å²) < 4.78 is 0. The summed E-state index contributed by atoms with van der Waals surface area (Å²) in [5.74, 6) is 0.0363. The van der Waals surface area contributed by atoms with E-state index < -0.39 is 0 Å². The average molecular weight is 343 g/mol. The molecule has 1 amide bonds. The molecule has 1 N–H and O–H groups in total. The molecule has 23 heavy (non-hydrogen) atoms. The number of hydrogen-bond acceptors (Lipinski definition) is 5. The van der Waals surface area contributed by atoms with Gasteiger partial charge in [0.15, 0.2) is 0 Å². The number of amides is 1. The first-order valence-electron chi connectivity index (χ1n) is 7.40. The molecule has 0 unspecified atom stereocenters. The predicted octanol–water partition coefficient (Wildman–Crippen LogP) is 3.53. The van der Waals surface area contributed by atoms with Crippen LogP contribution >= 0.6 is 23.1 Å². The monoisotopic (exact) mass is 343 g/mol. The molecule has 2 aromatic heterocycles. The number of thiophene rings is 1. The zero-order chi connectivity index (χ0) is 16.1. The summed E-state index contributed by atoms with van der Waals surface area (Å²) in [5, 5.41) is 6.67. The Balaban J connectivity index is 1.59. The summed E-state index contributed by atoms with van der Waals surface area (Å²) in [4.78, 5) is 22.1. The fourth-order valence-electron chi connectivity index (χ4n) is 2.20. The van der Waals surface area contributed by atoms with Crippen molar-refractivity contribution in [2.75, 3.05) is 6.54 Å². The van der Waals surface area contributed by atoms with Gasteiger partial charge < -0.3 is 5.32 Å². The van der Waals surface area contributed by atoms with E-state index in [0.717, 1.165) is 22.3 Å². The topological polar surface area (TPSA) is 54.9 Å². The first-order valence-corrected chi connectivity index (χ1v) is 9.16. The lowest BCUT2D eigenvalue weighted by molar-refractivity contribution is -0.120. The van der Waals surface area contributed by atoms with Crippen LogP contribution < -0.4 is 5.32 Å². The number of benzene rings is 1. The van der Waals surface area contributed by atoms with Gasteiger partial charge in [0, 0.05) is 16.8 Å². The largest absolute Gasteiger partial charge is 0.355 e. The van der Waals surface area contributed by atoms with Crippen molar-refractivity contribution in [1.29, 1.82) is 0 Å². The van der Waals surface area contributed by atoms with Crippen molar-refractivity contribution < 1.29 is 4.79 Å². The zero-order valence-electron chi connectivity index (χ0n) is 12.7. The summed E-state index contributed by atoms with van der Waals surface area (Å²) in [6, 6.07) is 12.0. The molecule has 1 atom stereocenters. The highest BCUT2D eigenvalue weighted by atomic mass is 32.2. The van der Waals surface area contributed by atoms with E-state index in [4.69, 9.17) is 0 Å². The number of hydrogen-bond donors (Lipinski definition) is 1. The molecule has 3 aromatic rings. The van der Waals surface area contributed by atoms with E-state index in [9.17, 15) is 4.79 Å². The van der Waals surface area contributed by atoms with Gasteiger partial charge in [-0.1, -0.05) is 36.0 Å². The van der Waals surface area contributed by atoms with E-state index in [1.165, 1.54) is 16.6 Å². The van der Waals surface area contributed by atoms with Crippen LogP contribution in [0.2, 0.25) is 0 Å². The fraction of sp³-hybridized carbons (Fsp3) is 0.235. The molecule has 2 heterocycles. The normalized spacial score (nSPS) is 12.2. The Labute approximate surface area is 143 Å². The van der Waals surface area contributed by atoms with E-state index in [1.54, 1.807) is 17.7 Å². The first kappa shape index (κ1) is 16.0. The Morgan fingerprint density at radius 1 is 1.26 bits per heavy atom. The molecule has 0 fully saturated rings. The van der Waals surface area contributed by atoms with Crippen molar-refractivity contribution in [3.8, 4) is 0 Å². The lowest BCUT2D eigenvalue weighted by atomic mass is 10.2. The van der Waals surface area contributed by atoms with Crippen molar-refractivity contribution in [2.45, 2.75) is 23.6 Å². The Morgan fingerprint density at radius 2 is 2.13 bits per heavy atom. The van der Waals surface area contributed by atoms with Gasteiger partial charge in [-0.3, -0.25) is 4.79 Å². The van der Waals surface area contributed by atoms with Gasteiger partial charge >= 0.3 is 0 Å². The number of aromatic nitrogens is 2. The number of nitrogens with one attached hydrogen (secondary N) is 1. The van der Waals surface area contributed by atoms with Gasteiger partial charge in [-0.05, 0) is 30.9 Å². The van der Waals surface area contributed by atoms with Gasteiger partial charge in [-0.2, -0.15) is 0 Å². The molecule has 1 aromatic carbocycles. The average Bonchev–Trinajstić information content (AvgIpc) is 3.08. The molecule has 0 saturated heterocycles. The number of para-hydroxylation sites is 1. The maximum absolute atomic E-state index is 12.2. The van der Waals surface area contributed by atoms with Crippen LogP contribution in [0.5, 0.6) is 0 Å². The minimum absolute atomic E-state index is 0.0363. The van der Waals surface area contributed by atoms with E-state index >= 15 is 0 Å². The first-order chi connectivity index (χ1) is 11.2. The maximum Gasteiger partial charge on any atom is 0.233 e. The van der Waals surface area contributed by atoms with Crippen LogP contribution in [0.3, 0.4) is 0 Å². The highest BCUT2D eigenvalue weighted by Gasteiger charge is 2.16. The van der Waals surface area contributed by atoms with Gasteiger partial charge in [0.05, 0.1) is 10.8 Å². The highest BCUT2D eigenvalue weighted by molar-refractivity contribution is 8.00. The van der Waals surface area contributed by atoms with Crippen LogP contribution in [0.1, 0.15) is 11.8 Å². The number of carbonyl (C=O) groups excluding carboxylic acids is 1. The third kappa shape index (κ3) is 4.09. The zero-order valence-corrected chi connectivity index (χ0v) is 14.4. The van der Waals surface area contributed by atoms with E-state index in [-0.39, 0.29) is 11.2 Å². The standard InChI is InChI=1S/C17H17N3OS2/c1-12(16(21)18-9-8-13-5-4-10-22-13)23-17-14-6-2-3-7-15(14)19-11-20-17/h2-7,10-12H,8-9H2,1H3,(H,18,21)/t12-/m0/s1.